The summed E-state index contributed by atoms with van der Waals surface area (Å²) in [7, 11) is 0. The van der Waals surface area contributed by atoms with Crippen molar-refractivity contribution in [3.63, 3.8) is 0 Å². The molecule has 0 bridgehead atoms. The largest absolute Gasteiger partial charge is 0.491 e. The lowest BCUT2D eigenvalue weighted by atomic mass is 10.3. The molecule has 0 saturated carbocycles. The number of imidazole rings is 1. The molecule has 132 valence electrons. The van der Waals surface area contributed by atoms with Gasteiger partial charge >= 0.3 is 0 Å². The molecule has 3 aromatic rings. The molecule has 0 fully saturated rings. The predicted octanol–water partition coefficient (Wildman–Crippen LogP) is 2.02. The summed E-state index contributed by atoms with van der Waals surface area (Å²) in [4.78, 5) is 4.48. The third-order valence-corrected chi connectivity index (χ3v) is 3.70. The maximum atomic E-state index is 12.9. The van der Waals surface area contributed by atoms with Crippen molar-refractivity contribution in [1.82, 2.24) is 9.55 Å². The van der Waals surface area contributed by atoms with E-state index < -0.39 is 6.10 Å². The lowest BCUT2D eigenvalue weighted by molar-refractivity contribution is 0.0938. The minimum atomic E-state index is -0.780. The van der Waals surface area contributed by atoms with Gasteiger partial charge in [-0.2, -0.15) is 0 Å². The molecule has 0 spiro atoms. The number of nitrogens with zero attached hydrogens (tertiary/aromatic N) is 2. The fourth-order valence-electron chi connectivity index (χ4n) is 2.55. The molecule has 3 rings (SSSR count). The lowest BCUT2D eigenvalue weighted by Crippen LogP contribution is -2.25. The van der Waals surface area contributed by atoms with Crippen molar-refractivity contribution in [3.05, 3.63) is 54.3 Å². The first-order valence-electron chi connectivity index (χ1n) is 8.04. The van der Waals surface area contributed by atoms with E-state index in [-0.39, 0.29) is 25.6 Å². The standard InChI is InChI=1S/C18H20FN3O3/c19-13-5-7-15(8-6-13)25-12-14(24)11-22-17-4-2-1-3-16(17)21-18(22)20-9-10-23/h1-8,14,23-24H,9-12H2,(H,20,21)/t14-/m1/s1. The van der Waals surface area contributed by atoms with E-state index in [0.29, 0.717) is 18.2 Å². The summed E-state index contributed by atoms with van der Waals surface area (Å²) in [6.07, 6.45) is -0.780. The molecule has 0 unspecified atom stereocenters. The van der Waals surface area contributed by atoms with Crippen LogP contribution in [0.1, 0.15) is 0 Å². The van der Waals surface area contributed by atoms with E-state index in [9.17, 15) is 9.50 Å². The first-order valence-corrected chi connectivity index (χ1v) is 8.04. The molecule has 3 N–H and O–H groups in total. The second-order valence-electron chi connectivity index (χ2n) is 5.60. The molecule has 25 heavy (non-hydrogen) atoms. The van der Waals surface area contributed by atoms with Crippen LogP contribution in [0.4, 0.5) is 10.3 Å². The Hall–Kier alpha value is -2.64. The Morgan fingerprint density at radius 3 is 2.68 bits per heavy atom. The maximum absolute atomic E-state index is 12.9. The number of hydrogen-bond donors (Lipinski definition) is 3. The van der Waals surface area contributed by atoms with Gasteiger partial charge in [-0.15, -0.1) is 0 Å². The maximum Gasteiger partial charge on any atom is 0.204 e. The summed E-state index contributed by atoms with van der Waals surface area (Å²) in [5, 5.41) is 22.4. The van der Waals surface area contributed by atoms with Crippen molar-refractivity contribution >= 4 is 17.0 Å². The van der Waals surface area contributed by atoms with Gasteiger partial charge in [0.05, 0.1) is 24.2 Å². The van der Waals surface area contributed by atoms with E-state index in [2.05, 4.69) is 10.3 Å². The number of rotatable bonds is 8. The highest BCUT2D eigenvalue weighted by molar-refractivity contribution is 5.78. The van der Waals surface area contributed by atoms with Crippen LogP contribution in [0.15, 0.2) is 48.5 Å². The number of nitrogens with one attached hydrogen (secondary N) is 1. The fourth-order valence-corrected chi connectivity index (χ4v) is 2.55. The van der Waals surface area contributed by atoms with Crippen LogP contribution in [-0.2, 0) is 6.54 Å². The third-order valence-electron chi connectivity index (χ3n) is 3.70. The lowest BCUT2D eigenvalue weighted by Gasteiger charge is -2.16. The van der Waals surface area contributed by atoms with Crippen molar-refractivity contribution in [2.45, 2.75) is 12.6 Å². The molecule has 0 aliphatic rings. The van der Waals surface area contributed by atoms with Crippen LogP contribution in [0, 0.1) is 5.82 Å². The van der Waals surface area contributed by atoms with Crippen LogP contribution in [0.25, 0.3) is 11.0 Å². The van der Waals surface area contributed by atoms with Crippen LogP contribution in [0.2, 0.25) is 0 Å². The number of benzene rings is 2. The molecule has 6 nitrogen and oxygen atoms in total. The summed E-state index contributed by atoms with van der Waals surface area (Å²) in [5.41, 5.74) is 1.68. The van der Waals surface area contributed by atoms with Crippen molar-refractivity contribution < 1.29 is 19.3 Å². The number of halogens is 1. The third kappa shape index (κ3) is 4.26. The van der Waals surface area contributed by atoms with E-state index in [1.54, 1.807) is 0 Å². The Kier molecular flexibility index (Phi) is 5.47. The van der Waals surface area contributed by atoms with Gasteiger partial charge in [-0.3, -0.25) is 0 Å². The molecule has 7 heteroatoms. The molecule has 0 saturated heterocycles. The zero-order valence-electron chi connectivity index (χ0n) is 13.6. The van der Waals surface area contributed by atoms with Gasteiger partial charge < -0.3 is 24.8 Å². The first kappa shape index (κ1) is 17.2. The van der Waals surface area contributed by atoms with Crippen molar-refractivity contribution in [2.75, 3.05) is 25.1 Å². The monoisotopic (exact) mass is 345 g/mol. The molecule has 0 aliphatic heterocycles. The molecule has 0 amide bonds. The van der Waals surface area contributed by atoms with Crippen LogP contribution in [-0.4, -0.2) is 45.6 Å². The summed E-state index contributed by atoms with van der Waals surface area (Å²) in [6.45, 7) is 0.692. The Morgan fingerprint density at radius 1 is 1.16 bits per heavy atom. The molecule has 1 atom stereocenters. The van der Waals surface area contributed by atoms with E-state index >= 15 is 0 Å². The summed E-state index contributed by atoms with van der Waals surface area (Å²) < 4.78 is 20.2. The Labute approximate surface area is 144 Å². The van der Waals surface area contributed by atoms with Gasteiger partial charge in [-0.1, -0.05) is 12.1 Å². The summed E-state index contributed by atoms with van der Waals surface area (Å²) in [5.74, 6) is 0.739. The molecule has 1 aromatic heterocycles. The zero-order chi connectivity index (χ0) is 17.6. The molecule has 2 aromatic carbocycles. The van der Waals surface area contributed by atoms with Crippen LogP contribution in [0.5, 0.6) is 5.75 Å². The highest BCUT2D eigenvalue weighted by Crippen LogP contribution is 2.20. The molecular weight excluding hydrogens is 325 g/mol. The van der Waals surface area contributed by atoms with Crippen molar-refractivity contribution in [3.8, 4) is 5.75 Å². The minimum Gasteiger partial charge on any atom is -0.491 e. The number of ether oxygens (including phenoxy) is 1. The van der Waals surface area contributed by atoms with Crippen molar-refractivity contribution in [2.24, 2.45) is 0 Å². The van der Waals surface area contributed by atoms with Gasteiger partial charge in [0.25, 0.3) is 0 Å². The molecule has 0 aliphatic carbocycles. The normalized spacial score (nSPS) is 12.3. The van der Waals surface area contributed by atoms with Crippen LogP contribution >= 0.6 is 0 Å². The first-order chi connectivity index (χ1) is 12.2. The number of para-hydroxylation sites is 2. The zero-order valence-corrected chi connectivity index (χ0v) is 13.6. The van der Waals surface area contributed by atoms with Gasteiger partial charge in [-0.05, 0) is 36.4 Å². The Bertz CT molecular complexity index is 820. The predicted molar refractivity (Wildman–Crippen MR) is 93.2 cm³/mol. The van der Waals surface area contributed by atoms with E-state index in [4.69, 9.17) is 9.84 Å². The highest BCUT2D eigenvalue weighted by Gasteiger charge is 2.14. The molecule has 1 heterocycles. The fraction of sp³-hybridized carbons (Fsp3) is 0.278. The topological polar surface area (TPSA) is 79.5 Å². The molecule has 0 radical (unpaired) electrons. The second-order valence-corrected chi connectivity index (χ2v) is 5.60. The SMILES string of the molecule is OCCNc1nc2ccccc2n1C[C@@H](O)COc1ccc(F)cc1. The van der Waals surface area contributed by atoms with E-state index in [0.717, 1.165) is 11.0 Å². The Balaban J connectivity index is 1.70. The van der Waals surface area contributed by atoms with E-state index in [1.165, 1.54) is 24.3 Å². The van der Waals surface area contributed by atoms with Crippen molar-refractivity contribution in [1.29, 1.82) is 0 Å². The quantitative estimate of drug-likeness (QED) is 0.582. The number of aromatic nitrogens is 2. The van der Waals surface area contributed by atoms with Gasteiger partial charge in [0.2, 0.25) is 5.95 Å². The number of fused-ring (bicyclic) bond motifs is 1. The second kappa shape index (κ2) is 7.96. The van der Waals surface area contributed by atoms with E-state index in [1.807, 2.05) is 28.8 Å². The van der Waals surface area contributed by atoms with Gasteiger partial charge in [0, 0.05) is 6.54 Å². The average Bonchev–Trinajstić information content (AvgIpc) is 2.97. The highest BCUT2D eigenvalue weighted by atomic mass is 19.1. The van der Waals surface area contributed by atoms with Gasteiger partial charge in [0.1, 0.15) is 24.3 Å². The van der Waals surface area contributed by atoms with Crippen LogP contribution < -0.4 is 10.1 Å². The summed E-state index contributed by atoms with van der Waals surface area (Å²) in [6, 6.07) is 13.2. The number of aliphatic hydroxyl groups excluding tert-OH is 2. The summed E-state index contributed by atoms with van der Waals surface area (Å²) >= 11 is 0. The number of hydrogen-bond acceptors (Lipinski definition) is 5. The van der Waals surface area contributed by atoms with Gasteiger partial charge in [-0.25, -0.2) is 9.37 Å². The number of aliphatic hydroxyl groups is 2. The number of anilines is 1. The van der Waals surface area contributed by atoms with Gasteiger partial charge in [0.15, 0.2) is 0 Å². The Morgan fingerprint density at radius 2 is 1.92 bits per heavy atom. The minimum absolute atomic E-state index is 0.0144. The van der Waals surface area contributed by atoms with Crippen LogP contribution in [0.3, 0.4) is 0 Å². The average molecular weight is 345 g/mol. The molecular formula is C18H20FN3O3. The smallest absolute Gasteiger partial charge is 0.204 e.